The summed E-state index contributed by atoms with van der Waals surface area (Å²) in [5.74, 6) is -0.677. The van der Waals surface area contributed by atoms with E-state index in [0.29, 0.717) is 23.7 Å². The van der Waals surface area contributed by atoms with Gasteiger partial charge >= 0.3 is 5.69 Å². The van der Waals surface area contributed by atoms with E-state index in [1.165, 1.54) is 6.07 Å². The van der Waals surface area contributed by atoms with Gasteiger partial charge in [0.05, 0.1) is 11.5 Å². The summed E-state index contributed by atoms with van der Waals surface area (Å²) in [5.41, 5.74) is 2.73. The third kappa shape index (κ3) is 4.79. The molecule has 0 bridgehead atoms. The van der Waals surface area contributed by atoms with E-state index >= 15 is 0 Å². The molecule has 158 valence electrons. The van der Waals surface area contributed by atoms with Crippen molar-refractivity contribution in [2.24, 2.45) is 5.92 Å². The molecule has 3 rings (SSSR count). The number of aromatic amines is 1. The summed E-state index contributed by atoms with van der Waals surface area (Å²) in [6, 6.07) is 10.9. The normalized spacial score (nSPS) is 11.2. The third-order valence-corrected chi connectivity index (χ3v) is 5.43. The fraction of sp³-hybridized carbons (Fsp3) is 0.348. The van der Waals surface area contributed by atoms with E-state index in [9.17, 15) is 20.0 Å². The molecule has 0 amide bonds. The summed E-state index contributed by atoms with van der Waals surface area (Å²) in [6.07, 6.45) is 3.60. The van der Waals surface area contributed by atoms with E-state index in [1.54, 1.807) is 6.07 Å². The van der Waals surface area contributed by atoms with Gasteiger partial charge in [0.15, 0.2) is 0 Å². The lowest BCUT2D eigenvalue weighted by Gasteiger charge is -2.18. The predicted octanol–water partition coefficient (Wildman–Crippen LogP) is 4.24. The van der Waals surface area contributed by atoms with Crippen LogP contribution in [0, 0.1) is 16.0 Å². The fourth-order valence-electron chi connectivity index (χ4n) is 3.51. The van der Waals surface area contributed by atoms with E-state index in [4.69, 9.17) is 4.74 Å². The van der Waals surface area contributed by atoms with Crippen molar-refractivity contribution >= 4 is 22.6 Å². The first kappa shape index (κ1) is 21.4. The number of carbonyl (C=O) groups excluding carboxylic acids is 1. The van der Waals surface area contributed by atoms with Crippen molar-refractivity contribution in [1.29, 1.82) is 0 Å². The lowest BCUT2D eigenvalue weighted by Crippen LogP contribution is -2.22. The molecule has 1 aromatic heterocycles. The summed E-state index contributed by atoms with van der Waals surface area (Å²) in [4.78, 5) is 25.4. The number of benzene rings is 2. The van der Waals surface area contributed by atoms with Gasteiger partial charge in [-0.05, 0) is 59.5 Å². The van der Waals surface area contributed by atoms with Crippen LogP contribution < -0.4 is 9.84 Å². The number of nitro benzene ring substituents is 1. The van der Waals surface area contributed by atoms with Crippen LogP contribution in [0.3, 0.4) is 0 Å². The minimum atomic E-state index is -1.19. The largest absolute Gasteiger partial charge is 0.550 e. The van der Waals surface area contributed by atoms with Crippen LogP contribution in [0.25, 0.3) is 22.0 Å². The number of nitrogens with zero attached hydrogens (tertiary/aromatic N) is 1. The van der Waals surface area contributed by atoms with Crippen LogP contribution in [0.5, 0.6) is 5.75 Å². The minimum Gasteiger partial charge on any atom is -0.550 e. The number of carboxylic acid groups (broad SMARTS) is 1. The quantitative estimate of drug-likeness (QED) is 0.398. The molecule has 0 fully saturated rings. The van der Waals surface area contributed by atoms with E-state index in [1.807, 2.05) is 30.5 Å². The number of hydrogen-bond acceptors (Lipinski definition) is 5. The summed E-state index contributed by atoms with van der Waals surface area (Å²) >= 11 is 0. The topological polar surface area (TPSA) is 108 Å². The first-order chi connectivity index (χ1) is 14.4. The average molecular weight is 409 g/mol. The molecular formula is C23H25N2O5-. The van der Waals surface area contributed by atoms with Gasteiger partial charge in [-0.3, -0.25) is 10.1 Å². The Morgan fingerprint density at radius 3 is 2.60 bits per heavy atom. The van der Waals surface area contributed by atoms with Gasteiger partial charge in [0.1, 0.15) is 0 Å². The fourth-order valence-corrected chi connectivity index (χ4v) is 3.51. The lowest BCUT2D eigenvalue weighted by molar-refractivity contribution is -0.385. The summed E-state index contributed by atoms with van der Waals surface area (Å²) in [6.45, 7) is 4.51. The zero-order chi connectivity index (χ0) is 21.7. The maximum absolute atomic E-state index is 11.8. The molecule has 7 nitrogen and oxygen atoms in total. The molecule has 1 heterocycles. The number of aryl methyl sites for hydroxylation is 1. The number of hydrogen-bond donors (Lipinski definition) is 1. The van der Waals surface area contributed by atoms with Crippen molar-refractivity contribution in [2.75, 3.05) is 6.61 Å². The standard InChI is InChI=1S/C23H26N2O5/c1-3-15(4-2)14-30-23-19(17-6-7-20-18(13-17)9-10-24-20)11-16(5-8-22(26)27)12-21(23)25(28)29/h6-7,9-13,15,24H,3-5,8,14H2,1-2H3,(H,26,27)/p-1. The Kier molecular flexibility index (Phi) is 6.72. The zero-order valence-electron chi connectivity index (χ0n) is 17.1. The number of nitro groups is 1. The predicted molar refractivity (Wildman–Crippen MR) is 113 cm³/mol. The van der Waals surface area contributed by atoms with E-state index < -0.39 is 10.9 Å². The van der Waals surface area contributed by atoms with Crippen LogP contribution in [0.15, 0.2) is 42.6 Å². The average Bonchev–Trinajstić information content (AvgIpc) is 3.20. The van der Waals surface area contributed by atoms with Crippen LogP contribution >= 0.6 is 0 Å². The van der Waals surface area contributed by atoms with Crippen molar-refractivity contribution in [3.63, 3.8) is 0 Å². The summed E-state index contributed by atoms with van der Waals surface area (Å²) in [5, 5.41) is 23.7. The minimum absolute atomic E-state index is 0.148. The molecule has 0 unspecified atom stereocenters. The number of fused-ring (bicyclic) bond motifs is 1. The van der Waals surface area contributed by atoms with Gasteiger partial charge in [-0.1, -0.05) is 32.8 Å². The van der Waals surface area contributed by atoms with Crippen LogP contribution in [0.2, 0.25) is 0 Å². The molecule has 1 N–H and O–H groups in total. The Bertz CT molecular complexity index is 1050. The number of aromatic nitrogens is 1. The molecule has 0 saturated heterocycles. The Balaban J connectivity index is 2.12. The molecule has 0 aliphatic heterocycles. The lowest BCUT2D eigenvalue weighted by atomic mass is 9.97. The highest BCUT2D eigenvalue weighted by atomic mass is 16.6. The zero-order valence-corrected chi connectivity index (χ0v) is 17.1. The first-order valence-electron chi connectivity index (χ1n) is 10.1. The molecule has 0 aliphatic rings. The number of carboxylic acids is 1. The molecule has 0 spiro atoms. The molecule has 0 atom stereocenters. The Labute approximate surface area is 174 Å². The second kappa shape index (κ2) is 9.43. The number of H-pyrrole nitrogens is 1. The van der Waals surface area contributed by atoms with Gasteiger partial charge in [-0.15, -0.1) is 0 Å². The van der Waals surface area contributed by atoms with Crippen LogP contribution in [0.4, 0.5) is 5.69 Å². The monoisotopic (exact) mass is 409 g/mol. The highest BCUT2D eigenvalue weighted by Gasteiger charge is 2.23. The van der Waals surface area contributed by atoms with Crippen molar-refractivity contribution in [3.05, 3.63) is 58.3 Å². The molecule has 3 aromatic rings. The molecule has 0 radical (unpaired) electrons. The molecular weight excluding hydrogens is 384 g/mol. The Morgan fingerprint density at radius 1 is 1.17 bits per heavy atom. The second-order valence-electron chi connectivity index (χ2n) is 7.39. The number of nitrogens with one attached hydrogen (secondary N) is 1. The Morgan fingerprint density at radius 2 is 1.93 bits per heavy atom. The highest BCUT2D eigenvalue weighted by Crippen LogP contribution is 2.41. The van der Waals surface area contributed by atoms with Crippen LogP contribution in [0.1, 0.15) is 38.7 Å². The van der Waals surface area contributed by atoms with Gasteiger partial charge in [-0.25, -0.2) is 0 Å². The summed E-state index contributed by atoms with van der Waals surface area (Å²) in [7, 11) is 0. The van der Waals surface area contributed by atoms with Crippen molar-refractivity contribution in [2.45, 2.75) is 39.5 Å². The Hall–Kier alpha value is -3.35. The second-order valence-corrected chi connectivity index (χ2v) is 7.39. The van der Waals surface area contributed by atoms with Crippen LogP contribution in [-0.2, 0) is 11.2 Å². The van der Waals surface area contributed by atoms with Crippen molar-refractivity contribution < 1.29 is 19.6 Å². The first-order valence-corrected chi connectivity index (χ1v) is 10.1. The van der Waals surface area contributed by atoms with Gasteiger partial charge < -0.3 is 19.6 Å². The SMILES string of the molecule is CCC(CC)COc1c(-c2ccc3[nH]ccc3c2)cc(CCC(=O)[O-])cc1[N+](=O)[O-]. The van der Waals surface area contributed by atoms with Gasteiger partial charge in [0.2, 0.25) is 5.75 Å². The van der Waals surface area contributed by atoms with Crippen molar-refractivity contribution in [1.82, 2.24) is 4.98 Å². The number of carbonyl (C=O) groups is 1. The maximum Gasteiger partial charge on any atom is 0.311 e. The van der Waals surface area contributed by atoms with Gasteiger partial charge in [0.25, 0.3) is 0 Å². The molecule has 0 saturated carbocycles. The third-order valence-electron chi connectivity index (χ3n) is 5.43. The highest BCUT2D eigenvalue weighted by molar-refractivity contribution is 5.87. The van der Waals surface area contributed by atoms with Gasteiger partial charge in [0, 0.05) is 29.3 Å². The van der Waals surface area contributed by atoms with Gasteiger partial charge in [-0.2, -0.15) is 0 Å². The van der Waals surface area contributed by atoms with Crippen molar-refractivity contribution in [3.8, 4) is 16.9 Å². The molecule has 7 heteroatoms. The molecule has 0 aliphatic carbocycles. The maximum atomic E-state index is 11.8. The summed E-state index contributed by atoms with van der Waals surface area (Å²) < 4.78 is 6.02. The smallest absolute Gasteiger partial charge is 0.311 e. The van der Waals surface area contributed by atoms with E-state index in [-0.39, 0.29) is 24.3 Å². The molecule has 2 aromatic carbocycles. The molecule has 30 heavy (non-hydrogen) atoms. The van der Waals surface area contributed by atoms with E-state index in [2.05, 4.69) is 18.8 Å². The number of ether oxygens (including phenoxy) is 1. The van der Waals surface area contributed by atoms with E-state index in [0.717, 1.165) is 29.3 Å². The number of rotatable bonds is 10. The van der Waals surface area contributed by atoms with Crippen LogP contribution in [-0.4, -0.2) is 22.5 Å². The number of aliphatic carboxylic acids is 1.